The van der Waals surface area contributed by atoms with Crippen LogP contribution in [0, 0.1) is 5.21 Å². The van der Waals surface area contributed by atoms with Gasteiger partial charge in [-0.3, -0.25) is 0 Å². The molecule has 1 aromatic heterocycles. The van der Waals surface area contributed by atoms with Crippen LogP contribution in [0.25, 0.3) is 22.2 Å². The molecule has 0 saturated carbocycles. The van der Waals surface area contributed by atoms with Crippen LogP contribution in [-0.4, -0.2) is 4.98 Å². The van der Waals surface area contributed by atoms with Crippen LogP contribution in [0.1, 0.15) is 0 Å². The van der Waals surface area contributed by atoms with Crippen molar-refractivity contribution in [3.05, 3.63) is 66.1 Å². The van der Waals surface area contributed by atoms with Gasteiger partial charge in [0.2, 0.25) is 0 Å². The number of nitrogens with zero attached hydrogens (tertiary/aromatic N) is 2. The number of rotatable bonds is 1. The van der Waals surface area contributed by atoms with Gasteiger partial charge in [0.05, 0.1) is 11.8 Å². The second-order valence-corrected chi connectivity index (χ2v) is 3.80. The van der Waals surface area contributed by atoms with Gasteiger partial charge in [0.25, 0.3) is 0 Å². The maximum Gasteiger partial charge on any atom is 0.333 e. The predicted octanol–water partition coefficient (Wildman–Crippen LogP) is 2.54. The van der Waals surface area contributed by atoms with E-state index >= 15 is 0 Å². The molecule has 0 bridgehead atoms. The molecule has 0 radical (unpaired) electrons. The van der Waals surface area contributed by atoms with Gasteiger partial charge in [0.15, 0.2) is 0 Å². The predicted molar refractivity (Wildman–Crippen MR) is 66.1 cm³/mol. The summed E-state index contributed by atoms with van der Waals surface area (Å²) < 4.78 is 0.793. The summed E-state index contributed by atoms with van der Waals surface area (Å²) in [5, 5.41) is 13.9. The van der Waals surface area contributed by atoms with Crippen LogP contribution in [-0.2, 0) is 0 Å². The molecule has 3 heteroatoms. The molecule has 17 heavy (non-hydrogen) atoms. The fourth-order valence-electron chi connectivity index (χ4n) is 1.97. The summed E-state index contributed by atoms with van der Waals surface area (Å²) in [5.41, 5.74) is 0.860. The highest BCUT2D eigenvalue weighted by atomic mass is 16.5. The first kappa shape index (κ1) is 9.78. The van der Waals surface area contributed by atoms with Crippen LogP contribution < -0.4 is 4.73 Å². The minimum atomic E-state index is 0.435. The molecule has 0 aliphatic rings. The molecule has 1 heterocycles. The van der Waals surface area contributed by atoms with Gasteiger partial charge in [0, 0.05) is 6.07 Å². The first-order chi connectivity index (χ1) is 8.36. The van der Waals surface area contributed by atoms with E-state index in [0.717, 1.165) is 21.1 Å². The van der Waals surface area contributed by atoms with Crippen molar-refractivity contribution in [2.75, 3.05) is 0 Å². The summed E-state index contributed by atoms with van der Waals surface area (Å²) in [6.45, 7) is 0. The van der Waals surface area contributed by atoms with E-state index in [1.165, 1.54) is 6.20 Å². The second-order valence-electron chi connectivity index (χ2n) is 3.80. The third-order valence-corrected chi connectivity index (χ3v) is 2.74. The Kier molecular flexibility index (Phi) is 2.22. The molecule has 2 aromatic carbocycles. The molecule has 0 unspecified atom stereocenters. The van der Waals surface area contributed by atoms with Crippen molar-refractivity contribution >= 4 is 10.8 Å². The van der Waals surface area contributed by atoms with E-state index in [-0.39, 0.29) is 0 Å². The van der Waals surface area contributed by atoms with Crippen LogP contribution in [0.15, 0.2) is 60.9 Å². The number of aromatic nitrogens is 2. The Hall–Kier alpha value is -2.42. The SMILES string of the molecule is [O-][n+]1cccnc1-c1cccc2ccccc12. The highest BCUT2D eigenvalue weighted by molar-refractivity contribution is 5.94. The monoisotopic (exact) mass is 222 g/mol. The average Bonchev–Trinajstić information content (AvgIpc) is 2.39. The summed E-state index contributed by atoms with van der Waals surface area (Å²) in [6.07, 6.45) is 3.09. The lowest BCUT2D eigenvalue weighted by Crippen LogP contribution is -2.29. The van der Waals surface area contributed by atoms with E-state index in [2.05, 4.69) is 4.98 Å². The molecule has 0 aliphatic heterocycles. The van der Waals surface area contributed by atoms with Crippen molar-refractivity contribution in [1.29, 1.82) is 0 Å². The van der Waals surface area contributed by atoms with E-state index in [9.17, 15) is 5.21 Å². The molecule has 82 valence electrons. The quantitative estimate of drug-likeness (QED) is 0.469. The van der Waals surface area contributed by atoms with Gasteiger partial charge < -0.3 is 5.21 Å². The molecular weight excluding hydrogens is 212 g/mol. The molecule has 0 aliphatic carbocycles. The smallest absolute Gasteiger partial charge is 0.333 e. The summed E-state index contributed by atoms with van der Waals surface area (Å²) in [4.78, 5) is 4.15. The van der Waals surface area contributed by atoms with Gasteiger partial charge in [-0.05, 0) is 21.8 Å². The molecule has 3 nitrogen and oxygen atoms in total. The summed E-state index contributed by atoms with van der Waals surface area (Å²) >= 11 is 0. The third kappa shape index (κ3) is 1.61. The molecule has 3 aromatic rings. The van der Waals surface area contributed by atoms with E-state index in [1.54, 1.807) is 12.3 Å². The highest BCUT2D eigenvalue weighted by Crippen LogP contribution is 2.24. The Morgan fingerprint density at radius 1 is 0.941 bits per heavy atom. The van der Waals surface area contributed by atoms with Crippen molar-refractivity contribution in [3.8, 4) is 11.4 Å². The van der Waals surface area contributed by atoms with Gasteiger partial charge >= 0.3 is 5.82 Å². The van der Waals surface area contributed by atoms with Gasteiger partial charge in [0.1, 0.15) is 6.20 Å². The number of hydrogen-bond donors (Lipinski definition) is 0. The van der Waals surface area contributed by atoms with Gasteiger partial charge in [-0.1, -0.05) is 36.4 Å². The lowest BCUT2D eigenvalue weighted by molar-refractivity contribution is -0.596. The largest absolute Gasteiger partial charge is 0.710 e. The van der Waals surface area contributed by atoms with Crippen LogP contribution in [0.4, 0.5) is 0 Å². The molecular formula is C14H10N2O. The van der Waals surface area contributed by atoms with Crippen molar-refractivity contribution in [1.82, 2.24) is 4.98 Å². The van der Waals surface area contributed by atoms with Gasteiger partial charge in [-0.2, -0.15) is 0 Å². The molecule has 0 amide bonds. The number of benzene rings is 2. The lowest BCUT2D eigenvalue weighted by atomic mass is 10.0. The Morgan fingerprint density at radius 2 is 1.76 bits per heavy atom. The number of hydrogen-bond acceptors (Lipinski definition) is 2. The van der Waals surface area contributed by atoms with Crippen LogP contribution in [0.3, 0.4) is 0 Å². The highest BCUT2D eigenvalue weighted by Gasteiger charge is 2.12. The van der Waals surface area contributed by atoms with Crippen molar-refractivity contribution < 1.29 is 4.73 Å². The van der Waals surface area contributed by atoms with Crippen molar-refractivity contribution in [2.45, 2.75) is 0 Å². The summed E-state index contributed by atoms with van der Waals surface area (Å²) in [5.74, 6) is 0.435. The van der Waals surface area contributed by atoms with E-state index in [0.29, 0.717) is 5.82 Å². The minimum Gasteiger partial charge on any atom is -0.710 e. The normalized spacial score (nSPS) is 10.6. The molecule has 0 spiro atoms. The lowest BCUT2D eigenvalue weighted by Gasteiger charge is -2.07. The van der Waals surface area contributed by atoms with Gasteiger partial charge in [-0.15, -0.1) is 0 Å². The Morgan fingerprint density at radius 3 is 2.65 bits per heavy atom. The second kappa shape index (κ2) is 3.87. The first-order valence-corrected chi connectivity index (χ1v) is 5.38. The van der Waals surface area contributed by atoms with E-state index in [4.69, 9.17) is 0 Å². The molecule has 0 N–H and O–H groups in total. The first-order valence-electron chi connectivity index (χ1n) is 5.38. The zero-order chi connectivity index (χ0) is 11.7. The average molecular weight is 222 g/mol. The Balaban J connectivity index is 2.35. The Labute approximate surface area is 98.6 Å². The summed E-state index contributed by atoms with van der Waals surface area (Å²) in [6, 6.07) is 15.5. The van der Waals surface area contributed by atoms with Crippen molar-refractivity contribution in [3.63, 3.8) is 0 Å². The fourth-order valence-corrected chi connectivity index (χ4v) is 1.97. The summed E-state index contributed by atoms with van der Waals surface area (Å²) in [7, 11) is 0. The van der Waals surface area contributed by atoms with E-state index in [1.807, 2.05) is 42.5 Å². The zero-order valence-corrected chi connectivity index (χ0v) is 9.08. The Bertz CT molecular complexity index is 674. The molecule has 0 fully saturated rings. The third-order valence-electron chi connectivity index (χ3n) is 2.74. The zero-order valence-electron chi connectivity index (χ0n) is 9.08. The molecule has 3 rings (SSSR count). The van der Waals surface area contributed by atoms with E-state index < -0.39 is 0 Å². The van der Waals surface area contributed by atoms with Crippen LogP contribution >= 0.6 is 0 Å². The maximum atomic E-state index is 11.7. The molecule has 0 atom stereocenters. The topological polar surface area (TPSA) is 39.8 Å². The minimum absolute atomic E-state index is 0.435. The fraction of sp³-hybridized carbons (Fsp3) is 0. The van der Waals surface area contributed by atoms with Crippen molar-refractivity contribution in [2.24, 2.45) is 0 Å². The van der Waals surface area contributed by atoms with Crippen LogP contribution in [0.2, 0.25) is 0 Å². The van der Waals surface area contributed by atoms with Gasteiger partial charge in [-0.25, -0.2) is 4.73 Å². The molecule has 0 saturated heterocycles. The van der Waals surface area contributed by atoms with Crippen LogP contribution in [0.5, 0.6) is 0 Å². The maximum absolute atomic E-state index is 11.7. The number of fused-ring (bicyclic) bond motifs is 1. The standard InChI is InChI=1S/C14H10N2O/c17-16-10-4-9-15-14(16)13-8-3-6-11-5-1-2-7-12(11)13/h1-10H.